The van der Waals surface area contributed by atoms with Crippen LogP contribution in [0.3, 0.4) is 0 Å². The molecule has 0 amide bonds. The van der Waals surface area contributed by atoms with Crippen LogP contribution in [0.4, 0.5) is 5.69 Å². The van der Waals surface area contributed by atoms with Gasteiger partial charge in [0.05, 0.1) is 33.0 Å². The van der Waals surface area contributed by atoms with Crippen LogP contribution in [-0.2, 0) is 13.1 Å². The summed E-state index contributed by atoms with van der Waals surface area (Å²) >= 11 is 0. The second-order valence-corrected chi connectivity index (χ2v) is 3.66. The predicted molar refractivity (Wildman–Crippen MR) is 68.2 cm³/mol. The molecule has 19 heavy (non-hydrogen) atoms. The van der Waals surface area contributed by atoms with Crippen molar-refractivity contribution in [1.29, 1.82) is 0 Å². The normalized spacial score (nSPS) is 10.3. The quantitative estimate of drug-likeness (QED) is 0.822. The fourth-order valence-electron chi connectivity index (χ4n) is 1.48. The zero-order chi connectivity index (χ0) is 13.7. The van der Waals surface area contributed by atoms with Gasteiger partial charge in [0.1, 0.15) is 0 Å². The topological polar surface area (TPSA) is 87.0 Å². The summed E-state index contributed by atoms with van der Waals surface area (Å²) in [4.78, 5) is 5.70. The number of nitrogens with zero attached hydrogens (tertiary/aromatic N) is 5. The molecule has 102 valence electrons. The van der Waals surface area contributed by atoms with E-state index in [1.807, 2.05) is 13.0 Å². The van der Waals surface area contributed by atoms with Crippen LogP contribution in [-0.4, -0.2) is 39.4 Å². The second kappa shape index (κ2) is 5.98. The number of tetrazole rings is 1. The Balaban J connectivity index is 2.06. The van der Waals surface area contributed by atoms with Gasteiger partial charge in [0.2, 0.25) is 11.8 Å². The van der Waals surface area contributed by atoms with Gasteiger partial charge in [-0.2, -0.15) is 9.78 Å². The number of hydrogen-bond donors (Lipinski definition) is 1. The van der Waals surface area contributed by atoms with Crippen LogP contribution in [0.1, 0.15) is 12.7 Å². The van der Waals surface area contributed by atoms with Crippen LogP contribution in [0.25, 0.3) is 0 Å². The molecule has 0 radical (unpaired) electrons. The van der Waals surface area contributed by atoms with Crippen molar-refractivity contribution in [1.82, 2.24) is 25.2 Å². The van der Waals surface area contributed by atoms with E-state index in [0.717, 1.165) is 5.69 Å². The van der Waals surface area contributed by atoms with E-state index in [0.29, 0.717) is 30.7 Å². The van der Waals surface area contributed by atoms with Gasteiger partial charge >= 0.3 is 0 Å². The fourth-order valence-corrected chi connectivity index (χ4v) is 1.48. The first-order valence-electron chi connectivity index (χ1n) is 5.86. The number of aryl methyl sites for hydroxylation is 1. The molecule has 0 unspecified atom stereocenters. The molecule has 0 spiro atoms. The monoisotopic (exact) mass is 264 g/mol. The van der Waals surface area contributed by atoms with Gasteiger partial charge in [0.15, 0.2) is 5.82 Å². The lowest BCUT2D eigenvalue weighted by molar-refractivity contribution is 0.366. The van der Waals surface area contributed by atoms with Crippen LogP contribution >= 0.6 is 0 Å². The molecule has 8 heteroatoms. The molecule has 0 fully saturated rings. The average Bonchev–Trinajstić information content (AvgIpc) is 2.92. The molecule has 0 saturated heterocycles. The third-order valence-corrected chi connectivity index (χ3v) is 2.45. The molecular formula is C11H16N6O2. The van der Waals surface area contributed by atoms with E-state index in [9.17, 15) is 0 Å². The molecule has 2 heterocycles. The Morgan fingerprint density at radius 1 is 1.26 bits per heavy atom. The lowest BCUT2D eigenvalue weighted by atomic mass is 10.4. The summed E-state index contributed by atoms with van der Waals surface area (Å²) in [5, 5.41) is 15.1. The molecule has 0 atom stereocenters. The first-order chi connectivity index (χ1) is 9.26. The zero-order valence-corrected chi connectivity index (χ0v) is 11.1. The Morgan fingerprint density at radius 3 is 2.74 bits per heavy atom. The van der Waals surface area contributed by atoms with Gasteiger partial charge in [-0.3, -0.25) is 0 Å². The lowest BCUT2D eigenvalue weighted by Crippen LogP contribution is -2.05. The minimum Gasteiger partial charge on any atom is -0.481 e. The average molecular weight is 264 g/mol. The zero-order valence-electron chi connectivity index (χ0n) is 11.1. The third-order valence-electron chi connectivity index (χ3n) is 2.45. The van der Waals surface area contributed by atoms with Crippen molar-refractivity contribution < 1.29 is 9.47 Å². The van der Waals surface area contributed by atoms with Crippen LogP contribution in [0.15, 0.2) is 12.1 Å². The number of anilines is 1. The highest BCUT2D eigenvalue weighted by molar-refractivity contribution is 5.53. The summed E-state index contributed by atoms with van der Waals surface area (Å²) in [6.45, 7) is 3.10. The van der Waals surface area contributed by atoms with Crippen molar-refractivity contribution in [3.8, 4) is 11.8 Å². The van der Waals surface area contributed by atoms with E-state index in [-0.39, 0.29) is 0 Å². The van der Waals surface area contributed by atoms with E-state index in [1.165, 1.54) is 4.80 Å². The highest BCUT2D eigenvalue weighted by Crippen LogP contribution is 2.24. The number of methoxy groups -OCH3 is 2. The first-order valence-corrected chi connectivity index (χ1v) is 5.86. The Hall–Kier alpha value is -2.38. The minimum absolute atomic E-state index is 0.449. The number of rotatable bonds is 6. The molecular weight excluding hydrogens is 248 g/mol. The summed E-state index contributed by atoms with van der Waals surface area (Å²) < 4.78 is 10.2. The number of aromatic nitrogens is 5. The predicted octanol–water partition coefficient (Wildman–Crippen LogP) is 0.717. The summed E-state index contributed by atoms with van der Waals surface area (Å²) in [7, 11) is 3.11. The summed E-state index contributed by atoms with van der Waals surface area (Å²) in [6, 6.07) is 3.58. The number of hydrogen-bond acceptors (Lipinski definition) is 7. The smallest absolute Gasteiger partial charge is 0.240 e. The summed E-state index contributed by atoms with van der Waals surface area (Å²) in [6.07, 6.45) is 0. The molecule has 0 aliphatic rings. The second-order valence-electron chi connectivity index (χ2n) is 3.66. The van der Waals surface area contributed by atoms with Crippen molar-refractivity contribution >= 4 is 5.69 Å². The highest BCUT2D eigenvalue weighted by atomic mass is 16.5. The van der Waals surface area contributed by atoms with Crippen molar-refractivity contribution in [2.45, 2.75) is 20.0 Å². The maximum Gasteiger partial charge on any atom is 0.240 e. The Bertz CT molecular complexity index is 542. The molecule has 0 saturated carbocycles. The molecule has 8 nitrogen and oxygen atoms in total. The van der Waals surface area contributed by atoms with Gasteiger partial charge in [-0.25, -0.2) is 0 Å². The summed E-state index contributed by atoms with van der Waals surface area (Å²) in [5.41, 5.74) is 0.746. The highest BCUT2D eigenvalue weighted by Gasteiger charge is 2.08. The van der Waals surface area contributed by atoms with E-state index in [4.69, 9.17) is 9.47 Å². The van der Waals surface area contributed by atoms with Crippen molar-refractivity contribution in [2.75, 3.05) is 19.5 Å². The minimum atomic E-state index is 0.449. The molecule has 0 aromatic carbocycles. The third kappa shape index (κ3) is 3.09. The van der Waals surface area contributed by atoms with Crippen LogP contribution in [0.2, 0.25) is 0 Å². The van der Waals surface area contributed by atoms with Gasteiger partial charge in [-0.15, -0.1) is 10.2 Å². The fraction of sp³-hybridized carbons (Fsp3) is 0.455. The van der Waals surface area contributed by atoms with Crippen molar-refractivity contribution in [3.05, 3.63) is 18.0 Å². The Kier molecular flexibility index (Phi) is 4.11. The van der Waals surface area contributed by atoms with Gasteiger partial charge in [-0.1, -0.05) is 0 Å². The van der Waals surface area contributed by atoms with Crippen LogP contribution in [0.5, 0.6) is 11.8 Å². The van der Waals surface area contributed by atoms with Crippen LogP contribution in [0, 0.1) is 0 Å². The number of ether oxygens (including phenoxy) is 2. The standard InChI is InChI=1S/C11H16N6O2/c1-4-17-15-9(14-16-17)7-12-8-5-6-10(18-2)13-11(8)19-3/h5-6,12H,4,7H2,1-3H3. The molecule has 2 rings (SSSR count). The maximum atomic E-state index is 5.19. The van der Waals surface area contributed by atoms with E-state index >= 15 is 0 Å². The largest absolute Gasteiger partial charge is 0.481 e. The maximum absolute atomic E-state index is 5.19. The summed E-state index contributed by atoms with van der Waals surface area (Å²) in [5.74, 6) is 1.57. The molecule has 1 N–H and O–H groups in total. The molecule has 0 aliphatic heterocycles. The molecule has 0 aliphatic carbocycles. The SMILES string of the molecule is CCn1nnc(CNc2ccc(OC)nc2OC)n1. The van der Waals surface area contributed by atoms with E-state index in [2.05, 4.69) is 25.7 Å². The van der Waals surface area contributed by atoms with Crippen LogP contribution < -0.4 is 14.8 Å². The Labute approximate surface area is 110 Å². The lowest BCUT2D eigenvalue weighted by Gasteiger charge is -2.09. The van der Waals surface area contributed by atoms with E-state index in [1.54, 1.807) is 20.3 Å². The molecule has 2 aromatic heterocycles. The van der Waals surface area contributed by atoms with Gasteiger partial charge in [0.25, 0.3) is 0 Å². The van der Waals surface area contributed by atoms with Gasteiger partial charge in [-0.05, 0) is 18.2 Å². The first kappa shape index (κ1) is 13.1. The van der Waals surface area contributed by atoms with E-state index < -0.39 is 0 Å². The molecule has 0 bridgehead atoms. The Morgan fingerprint density at radius 2 is 2.11 bits per heavy atom. The number of nitrogens with one attached hydrogen (secondary N) is 1. The van der Waals surface area contributed by atoms with Crippen molar-refractivity contribution in [3.63, 3.8) is 0 Å². The number of pyridine rings is 1. The van der Waals surface area contributed by atoms with Gasteiger partial charge < -0.3 is 14.8 Å². The molecule has 2 aromatic rings. The van der Waals surface area contributed by atoms with Gasteiger partial charge in [0, 0.05) is 6.07 Å². The van der Waals surface area contributed by atoms with Crippen molar-refractivity contribution in [2.24, 2.45) is 0 Å².